The summed E-state index contributed by atoms with van der Waals surface area (Å²) in [5.74, 6) is -0.969. The van der Waals surface area contributed by atoms with Gasteiger partial charge in [-0.25, -0.2) is 0 Å². The Morgan fingerprint density at radius 1 is 0.304 bits per heavy atom. The summed E-state index contributed by atoms with van der Waals surface area (Å²) in [6.45, 7) is 6.46. The summed E-state index contributed by atoms with van der Waals surface area (Å²) in [4.78, 5) is 38.1. The fourth-order valence-corrected chi connectivity index (χ4v) is 8.04. The van der Waals surface area contributed by atoms with E-state index in [1.54, 1.807) is 0 Å². The van der Waals surface area contributed by atoms with E-state index in [0.29, 0.717) is 19.3 Å². The standard InChI is InChI=1S/C63H108O6/c1-4-7-10-13-16-19-22-25-28-30-31-33-35-38-41-44-47-50-53-56-62(65)68-59-60(58-67-61(64)55-52-49-46-43-40-37-34-27-24-21-18-15-12-9-6-3)69-63(66)57-54-51-48-45-42-39-36-32-29-26-23-20-17-14-11-8-5-2/h9,12,17-18,20-21,26-27,29,34,36,39,45,48,60H,4-8,10-11,13-16,19,22-25,28,30-33,35,37-38,40-44,46-47,49-59H2,1-3H3/b12-9+,20-17+,21-18+,29-26+,34-27+,39-36+,48-45+/t60-/m1/s1. The van der Waals surface area contributed by atoms with E-state index >= 15 is 0 Å². The van der Waals surface area contributed by atoms with Gasteiger partial charge in [0.05, 0.1) is 0 Å². The van der Waals surface area contributed by atoms with Gasteiger partial charge in [0, 0.05) is 19.3 Å². The number of hydrogen-bond acceptors (Lipinski definition) is 6. The van der Waals surface area contributed by atoms with Gasteiger partial charge in [-0.3, -0.25) is 14.4 Å². The van der Waals surface area contributed by atoms with E-state index in [1.165, 1.54) is 128 Å². The maximum atomic E-state index is 12.8. The van der Waals surface area contributed by atoms with E-state index in [4.69, 9.17) is 14.2 Å². The van der Waals surface area contributed by atoms with Gasteiger partial charge in [-0.15, -0.1) is 0 Å². The lowest BCUT2D eigenvalue weighted by atomic mass is 10.0. The summed E-state index contributed by atoms with van der Waals surface area (Å²) in [6.07, 6.45) is 74.4. The van der Waals surface area contributed by atoms with Crippen molar-refractivity contribution >= 4 is 17.9 Å². The molecule has 0 unspecified atom stereocenters. The number of unbranched alkanes of at least 4 members (excludes halogenated alkanes) is 27. The van der Waals surface area contributed by atoms with Gasteiger partial charge >= 0.3 is 17.9 Å². The van der Waals surface area contributed by atoms with E-state index in [-0.39, 0.29) is 37.5 Å². The quantitative estimate of drug-likeness (QED) is 0.0262. The number of hydrogen-bond donors (Lipinski definition) is 0. The number of allylic oxidation sites excluding steroid dienone is 14. The highest BCUT2D eigenvalue weighted by Gasteiger charge is 2.19. The molecular formula is C63H108O6. The van der Waals surface area contributed by atoms with E-state index in [9.17, 15) is 14.4 Å². The summed E-state index contributed by atoms with van der Waals surface area (Å²) in [6, 6.07) is 0. The van der Waals surface area contributed by atoms with Crippen LogP contribution in [0.4, 0.5) is 0 Å². The van der Waals surface area contributed by atoms with Crippen LogP contribution in [0.2, 0.25) is 0 Å². The molecule has 0 heterocycles. The molecule has 0 aromatic carbocycles. The zero-order valence-corrected chi connectivity index (χ0v) is 45.3. The third-order valence-corrected chi connectivity index (χ3v) is 12.4. The Morgan fingerprint density at radius 3 is 0.957 bits per heavy atom. The van der Waals surface area contributed by atoms with Crippen LogP contribution in [-0.4, -0.2) is 37.2 Å². The van der Waals surface area contributed by atoms with Crippen LogP contribution in [0.5, 0.6) is 0 Å². The largest absolute Gasteiger partial charge is 0.462 e. The lowest BCUT2D eigenvalue weighted by Crippen LogP contribution is -2.30. The summed E-state index contributed by atoms with van der Waals surface area (Å²) in [5, 5.41) is 0. The van der Waals surface area contributed by atoms with E-state index in [2.05, 4.69) is 106 Å². The van der Waals surface area contributed by atoms with Crippen LogP contribution in [0.25, 0.3) is 0 Å². The molecule has 6 nitrogen and oxygen atoms in total. The maximum absolute atomic E-state index is 12.8. The molecular weight excluding hydrogens is 853 g/mol. The first-order chi connectivity index (χ1) is 34.0. The SMILES string of the molecule is CC/C=C/C/C=C/C/C=C/CCCCCCCC(=O)OC[C@H](COC(=O)CCCCCCCCCCCCCCCCCCCCC)OC(=O)CCC/C=C/C/C=C/C/C=C/C/C=C/CCCCC. The molecule has 0 aliphatic carbocycles. The molecule has 0 amide bonds. The Bertz CT molecular complexity index is 1330. The molecule has 0 spiro atoms. The third-order valence-electron chi connectivity index (χ3n) is 12.4. The average Bonchev–Trinajstić information content (AvgIpc) is 3.35. The summed E-state index contributed by atoms with van der Waals surface area (Å²) >= 11 is 0. The lowest BCUT2D eigenvalue weighted by Gasteiger charge is -2.18. The van der Waals surface area contributed by atoms with Gasteiger partial charge < -0.3 is 14.2 Å². The zero-order chi connectivity index (χ0) is 50.0. The summed E-state index contributed by atoms with van der Waals surface area (Å²) in [5.41, 5.74) is 0. The Kier molecular flexibility index (Phi) is 54.3. The van der Waals surface area contributed by atoms with Crippen molar-refractivity contribution in [1.82, 2.24) is 0 Å². The normalized spacial score (nSPS) is 12.7. The predicted molar refractivity (Wildman–Crippen MR) is 297 cm³/mol. The molecule has 0 N–H and O–H groups in total. The molecule has 0 aromatic rings. The first-order valence-corrected chi connectivity index (χ1v) is 29.1. The van der Waals surface area contributed by atoms with Crippen molar-refractivity contribution in [2.75, 3.05) is 13.2 Å². The minimum Gasteiger partial charge on any atom is -0.462 e. The van der Waals surface area contributed by atoms with Crippen molar-refractivity contribution in [2.24, 2.45) is 0 Å². The second-order valence-corrected chi connectivity index (χ2v) is 19.2. The van der Waals surface area contributed by atoms with Crippen molar-refractivity contribution in [3.8, 4) is 0 Å². The fourth-order valence-electron chi connectivity index (χ4n) is 8.04. The highest BCUT2D eigenvalue weighted by molar-refractivity contribution is 5.71. The molecule has 0 rings (SSSR count). The molecule has 0 bridgehead atoms. The first kappa shape index (κ1) is 65.6. The van der Waals surface area contributed by atoms with Gasteiger partial charge in [0.2, 0.25) is 0 Å². The molecule has 0 fully saturated rings. The molecule has 0 radical (unpaired) electrons. The maximum Gasteiger partial charge on any atom is 0.306 e. The van der Waals surface area contributed by atoms with Gasteiger partial charge in [0.1, 0.15) is 13.2 Å². The van der Waals surface area contributed by atoms with Crippen molar-refractivity contribution in [3.63, 3.8) is 0 Å². The van der Waals surface area contributed by atoms with Crippen LogP contribution >= 0.6 is 0 Å². The average molecular weight is 962 g/mol. The van der Waals surface area contributed by atoms with Crippen LogP contribution in [0.1, 0.15) is 278 Å². The molecule has 0 aromatic heterocycles. The Balaban J connectivity index is 4.45. The molecule has 0 saturated carbocycles. The van der Waals surface area contributed by atoms with E-state index < -0.39 is 6.10 Å². The molecule has 6 heteroatoms. The van der Waals surface area contributed by atoms with Gasteiger partial charge in [-0.05, 0) is 89.9 Å². The topological polar surface area (TPSA) is 78.9 Å². The van der Waals surface area contributed by atoms with Gasteiger partial charge in [-0.1, -0.05) is 254 Å². The van der Waals surface area contributed by atoms with E-state index in [1.807, 2.05) is 0 Å². The van der Waals surface area contributed by atoms with Crippen molar-refractivity contribution < 1.29 is 28.6 Å². The minimum absolute atomic E-state index is 0.102. The number of esters is 3. The van der Waals surface area contributed by atoms with Crippen molar-refractivity contribution in [2.45, 2.75) is 284 Å². The number of carbonyl (C=O) groups excluding carboxylic acids is 3. The predicted octanol–water partition coefficient (Wildman–Crippen LogP) is 19.5. The highest BCUT2D eigenvalue weighted by atomic mass is 16.6. The molecule has 69 heavy (non-hydrogen) atoms. The van der Waals surface area contributed by atoms with Crippen molar-refractivity contribution in [1.29, 1.82) is 0 Å². The van der Waals surface area contributed by atoms with Crippen molar-refractivity contribution in [3.05, 3.63) is 85.1 Å². The summed E-state index contributed by atoms with van der Waals surface area (Å²) < 4.78 is 16.8. The number of ether oxygens (including phenoxy) is 3. The third kappa shape index (κ3) is 55.4. The van der Waals surface area contributed by atoms with Crippen LogP contribution in [0, 0.1) is 0 Å². The Labute approximate surface area is 426 Å². The Hall–Kier alpha value is -3.41. The number of rotatable bonds is 52. The zero-order valence-electron chi connectivity index (χ0n) is 45.3. The molecule has 0 aliphatic heterocycles. The van der Waals surface area contributed by atoms with Crippen LogP contribution in [0.15, 0.2) is 85.1 Å². The van der Waals surface area contributed by atoms with E-state index in [0.717, 1.165) is 103 Å². The molecule has 0 aliphatic rings. The second kappa shape index (κ2) is 57.2. The molecule has 396 valence electrons. The van der Waals surface area contributed by atoms with Crippen LogP contribution in [0.3, 0.4) is 0 Å². The first-order valence-electron chi connectivity index (χ1n) is 29.1. The fraction of sp³-hybridized carbons (Fsp3) is 0.730. The minimum atomic E-state index is -0.812. The highest BCUT2D eigenvalue weighted by Crippen LogP contribution is 2.16. The monoisotopic (exact) mass is 961 g/mol. The van der Waals surface area contributed by atoms with Crippen LogP contribution < -0.4 is 0 Å². The van der Waals surface area contributed by atoms with Crippen LogP contribution in [-0.2, 0) is 28.6 Å². The van der Waals surface area contributed by atoms with Gasteiger partial charge in [0.15, 0.2) is 6.10 Å². The number of carbonyl (C=O) groups is 3. The van der Waals surface area contributed by atoms with Gasteiger partial charge in [-0.2, -0.15) is 0 Å². The second-order valence-electron chi connectivity index (χ2n) is 19.2. The molecule has 1 atom stereocenters. The smallest absolute Gasteiger partial charge is 0.306 e. The van der Waals surface area contributed by atoms with Gasteiger partial charge in [0.25, 0.3) is 0 Å². The Morgan fingerprint density at radius 2 is 0.580 bits per heavy atom. The summed E-state index contributed by atoms with van der Waals surface area (Å²) in [7, 11) is 0. The lowest BCUT2D eigenvalue weighted by molar-refractivity contribution is -0.167. The molecule has 0 saturated heterocycles.